The molecule has 0 aliphatic rings. The Labute approximate surface area is 173 Å². The average molecular weight is 421 g/mol. The minimum Gasteiger partial charge on any atom is -0.394 e. The van der Waals surface area contributed by atoms with Crippen LogP contribution in [0.15, 0.2) is 0 Å². The largest absolute Gasteiger partial charge is 0.394 e. The SMILES string of the molecule is CCCCCCCCCCCCCCC(=O)OC(=O)[C@H](O)[C@@H](O)[C@H](O)[C@H](O)CO. The summed E-state index contributed by atoms with van der Waals surface area (Å²) in [6.07, 6.45) is 5.81. The van der Waals surface area contributed by atoms with Crippen LogP contribution < -0.4 is 0 Å². The third-order valence-corrected chi connectivity index (χ3v) is 4.95. The van der Waals surface area contributed by atoms with E-state index < -0.39 is 43.0 Å². The molecule has 0 bridgehead atoms. The summed E-state index contributed by atoms with van der Waals surface area (Å²) in [5, 5.41) is 46.5. The van der Waals surface area contributed by atoms with Gasteiger partial charge in [0.25, 0.3) is 0 Å². The number of aliphatic hydroxyl groups is 5. The molecule has 0 aromatic carbocycles. The standard InChI is InChI=1S/C21H40O8/c1-2-3-4-5-6-7-8-9-10-11-12-13-14-17(24)29-21(28)20(27)19(26)18(25)16(23)15-22/h16,18-20,22-23,25-27H,2-15H2,1H3/t16-,18-,19+,20-/m1/s1. The molecule has 0 aromatic heterocycles. The van der Waals surface area contributed by atoms with Crippen molar-refractivity contribution in [3.8, 4) is 0 Å². The highest BCUT2D eigenvalue weighted by atomic mass is 16.6. The van der Waals surface area contributed by atoms with E-state index in [9.17, 15) is 30.0 Å². The van der Waals surface area contributed by atoms with Crippen molar-refractivity contribution in [2.75, 3.05) is 6.61 Å². The highest BCUT2D eigenvalue weighted by Gasteiger charge is 2.35. The summed E-state index contributed by atoms with van der Waals surface area (Å²) in [6.45, 7) is 1.35. The Bertz CT molecular complexity index is 429. The number of aliphatic hydroxyl groups excluding tert-OH is 5. The van der Waals surface area contributed by atoms with Gasteiger partial charge in [0.1, 0.15) is 18.3 Å². The summed E-state index contributed by atoms with van der Waals surface area (Å²) in [6, 6.07) is 0. The number of carbonyl (C=O) groups excluding carboxylic acids is 2. The van der Waals surface area contributed by atoms with Crippen LogP contribution in [-0.4, -0.2) is 68.5 Å². The summed E-state index contributed by atoms with van der Waals surface area (Å²) >= 11 is 0. The van der Waals surface area contributed by atoms with Gasteiger partial charge in [-0.2, -0.15) is 0 Å². The number of esters is 2. The maximum absolute atomic E-state index is 11.6. The van der Waals surface area contributed by atoms with Gasteiger partial charge in [-0.25, -0.2) is 4.79 Å². The minimum atomic E-state index is -2.20. The topological polar surface area (TPSA) is 145 Å². The van der Waals surface area contributed by atoms with Gasteiger partial charge in [-0.15, -0.1) is 0 Å². The third kappa shape index (κ3) is 13.7. The zero-order valence-corrected chi connectivity index (χ0v) is 17.7. The second kappa shape index (κ2) is 17.8. The van der Waals surface area contributed by atoms with Crippen LogP contribution in [-0.2, 0) is 14.3 Å². The number of rotatable bonds is 18. The Kier molecular flexibility index (Phi) is 17.1. The molecule has 0 aliphatic heterocycles. The molecular weight excluding hydrogens is 380 g/mol. The average Bonchev–Trinajstić information content (AvgIpc) is 2.72. The Hall–Kier alpha value is -1.06. The zero-order chi connectivity index (χ0) is 22.1. The van der Waals surface area contributed by atoms with Crippen LogP contribution >= 0.6 is 0 Å². The fraction of sp³-hybridized carbons (Fsp3) is 0.905. The molecule has 0 saturated heterocycles. The van der Waals surface area contributed by atoms with Crippen molar-refractivity contribution in [2.24, 2.45) is 0 Å². The van der Waals surface area contributed by atoms with E-state index in [0.717, 1.165) is 19.3 Å². The first kappa shape index (κ1) is 27.9. The maximum atomic E-state index is 11.6. The van der Waals surface area contributed by atoms with Crippen molar-refractivity contribution >= 4 is 11.9 Å². The molecule has 0 spiro atoms. The molecule has 0 radical (unpaired) electrons. The van der Waals surface area contributed by atoms with Gasteiger partial charge in [0.2, 0.25) is 0 Å². The van der Waals surface area contributed by atoms with Crippen molar-refractivity contribution < 1.29 is 39.9 Å². The molecule has 172 valence electrons. The van der Waals surface area contributed by atoms with E-state index in [1.54, 1.807) is 0 Å². The Morgan fingerprint density at radius 1 is 0.724 bits per heavy atom. The van der Waals surface area contributed by atoms with Crippen molar-refractivity contribution in [1.82, 2.24) is 0 Å². The van der Waals surface area contributed by atoms with E-state index >= 15 is 0 Å². The summed E-state index contributed by atoms with van der Waals surface area (Å²) in [4.78, 5) is 23.3. The molecule has 8 nitrogen and oxygen atoms in total. The Morgan fingerprint density at radius 2 is 1.17 bits per heavy atom. The Morgan fingerprint density at radius 3 is 1.62 bits per heavy atom. The molecule has 0 saturated carbocycles. The van der Waals surface area contributed by atoms with Gasteiger partial charge in [-0.3, -0.25) is 4.79 Å². The van der Waals surface area contributed by atoms with Crippen LogP contribution in [0.2, 0.25) is 0 Å². The summed E-state index contributed by atoms with van der Waals surface area (Å²) in [5.74, 6) is -2.21. The van der Waals surface area contributed by atoms with Crippen LogP contribution in [0.5, 0.6) is 0 Å². The monoisotopic (exact) mass is 420 g/mol. The third-order valence-electron chi connectivity index (χ3n) is 4.95. The van der Waals surface area contributed by atoms with Crippen molar-refractivity contribution in [1.29, 1.82) is 0 Å². The predicted molar refractivity (Wildman–Crippen MR) is 108 cm³/mol. The number of ether oxygens (including phenoxy) is 1. The van der Waals surface area contributed by atoms with Gasteiger partial charge in [0, 0.05) is 6.42 Å². The van der Waals surface area contributed by atoms with Gasteiger partial charge in [-0.05, 0) is 6.42 Å². The molecule has 0 heterocycles. The van der Waals surface area contributed by atoms with Gasteiger partial charge < -0.3 is 30.3 Å². The van der Waals surface area contributed by atoms with Crippen LogP contribution in [0, 0.1) is 0 Å². The number of unbranched alkanes of at least 4 members (excludes halogenated alkanes) is 11. The molecule has 0 fully saturated rings. The molecule has 4 atom stereocenters. The van der Waals surface area contributed by atoms with Gasteiger partial charge in [0.05, 0.1) is 6.61 Å². The van der Waals surface area contributed by atoms with E-state index in [0.29, 0.717) is 6.42 Å². The molecular formula is C21H40O8. The predicted octanol–water partition coefficient (Wildman–Crippen LogP) is 1.58. The molecule has 0 aromatic rings. The smallest absolute Gasteiger partial charge is 0.345 e. The second-order valence-electron chi connectivity index (χ2n) is 7.61. The first-order chi connectivity index (χ1) is 13.8. The minimum absolute atomic E-state index is 0.0216. The van der Waals surface area contributed by atoms with Gasteiger partial charge in [0.15, 0.2) is 6.10 Å². The zero-order valence-electron chi connectivity index (χ0n) is 17.7. The van der Waals surface area contributed by atoms with Crippen LogP contribution in [0.25, 0.3) is 0 Å². The number of hydrogen-bond acceptors (Lipinski definition) is 8. The normalized spacial score (nSPS) is 15.5. The molecule has 0 unspecified atom stereocenters. The molecule has 0 amide bonds. The Balaban J connectivity index is 3.74. The quantitative estimate of drug-likeness (QED) is 0.128. The fourth-order valence-electron chi connectivity index (χ4n) is 3.00. The maximum Gasteiger partial charge on any atom is 0.345 e. The molecule has 5 N–H and O–H groups in total. The lowest BCUT2D eigenvalue weighted by Gasteiger charge is -2.24. The van der Waals surface area contributed by atoms with Crippen LogP contribution in [0.1, 0.15) is 90.4 Å². The van der Waals surface area contributed by atoms with Crippen molar-refractivity contribution in [2.45, 2.75) is 115 Å². The summed E-state index contributed by atoms with van der Waals surface area (Å²) in [5.41, 5.74) is 0. The number of carbonyl (C=O) groups is 2. The summed E-state index contributed by atoms with van der Waals surface area (Å²) in [7, 11) is 0. The van der Waals surface area contributed by atoms with E-state index in [1.807, 2.05) is 0 Å². The lowest BCUT2D eigenvalue weighted by atomic mass is 10.0. The molecule has 0 aliphatic carbocycles. The van der Waals surface area contributed by atoms with Gasteiger partial charge in [-0.1, -0.05) is 77.6 Å². The number of hydrogen-bond donors (Lipinski definition) is 5. The highest BCUT2D eigenvalue weighted by molar-refractivity contribution is 5.88. The van der Waals surface area contributed by atoms with E-state index in [4.69, 9.17) is 5.11 Å². The van der Waals surface area contributed by atoms with E-state index in [1.165, 1.54) is 51.4 Å². The van der Waals surface area contributed by atoms with Gasteiger partial charge >= 0.3 is 11.9 Å². The summed E-state index contributed by atoms with van der Waals surface area (Å²) < 4.78 is 4.45. The van der Waals surface area contributed by atoms with Crippen molar-refractivity contribution in [3.05, 3.63) is 0 Å². The molecule has 0 rings (SSSR count). The molecule has 8 heteroatoms. The lowest BCUT2D eigenvalue weighted by Crippen LogP contribution is -2.49. The lowest BCUT2D eigenvalue weighted by molar-refractivity contribution is -0.176. The first-order valence-electron chi connectivity index (χ1n) is 10.9. The van der Waals surface area contributed by atoms with E-state index in [-0.39, 0.29) is 6.42 Å². The fourth-order valence-corrected chi connectivity index (χ4v) is 3.00. The van der Waals surface area contributed by atoms with Crippen LogP contribution in [0.4, 0.5) is 0 Å². The van der Waals surface area contributed by atoms with Crippen molar-refractivity contribution in [3.63, 3.8) is 0 Å². The highest BCUT2D eigenvalue weighted by Crippen LogP contribution is 2.13. The van der Waals surface area contributed by atoms with Crippen LogP contribution in [0.3, 0.4) is 0 Å². The van der Waals surface area contributed by atoms with E-state index in [2.05, 4.69) is 11.7 Å². The second-order valence-corrected chi connectivity index (χ2v) is 7.61. The first-order valence-corrected chi connectivity index (χ1v) is 10.9. The molecule has 29 heavy (non-hydrogen) atoms.